The highest BCUT2D eigenvalue weighted by molar-refractivity contribution is 5.91. The number of methoxy groups -OCH3 is 1. The van der Waals surface area contributed by atoms with Gasteiger partial charge in [-0.3, -0.25) is 10.3 Å². The molecule has 0 aromatic carbocycles. The predicted octanol–water partition coefficient (Wildman–Crippen LogP) is 2.58. The molecular formula is C23H32N8O. The van der Waals surface area contributed by atoms with Crippen LogP contribution in [0.4, 0.5) is 11.6 Å². The Bertz CT molecular complexity index is 993. The lowest BCUT2D eigenvalue weighted by Crippen LogP contribution is -2.47. The normalized spacial score (nSPS) is 29.7. The van der Waals surface area contributed by atoms with E-state index in [4.69, 9.17) is 15.0 Å². The molecule has 32 heavy (non-hydrogen) atoms. The number of hydrogen-bond donors (Lipinski definition) is 4. The lowest BCUT2D eigenvalue weighted by atomic mass is 9.97. The Labute approximate surface area is 188 Å². The molecule has 0 saturated carbocycles. The first-order chi connectivity index (χ1) is 15.6. The molecule has 3 aliphatic rings. The van der Waals surface area contributed by atoms with Gasteiger partial charge in [0.2, 0.25) is 5.88 Å². The molecule has 3 fully saturated rings. The van der Waals surface area contributed by atoms with Crippen molar-refractivity contribution in [3.05, 3.63) is 18.2 Å². The number of hydrazine groups is 1. The summed E-state index contributed by atoms with van der Waals surface area (Å²) >= 11 is 0. The van der Waals surface area contributed by atoms with Gasteiger partial charge in [-0.1, -0.05) is 0 Å². The first-order valence-corrected chi connectivity index (χ1v) is 11.7. The smallest absolute Gasteiger partial charge is 0.213 e. The minimum Gasteiger partial charge on any atom is -0.481 e. The van der Waals surface area contributed by atoms with Crippen LogP contribution in [0.25, 0.3) is 10.9 Å². The van der Waals surface area contributed by atoms with Gasteiger partial charge in [-0.2, -0.15) is 5.26 Å². The lowest BCUT2D eigenvalue weighted by molar-refractivity contribution is 0.136. The molecule has 0 amide bonds. The molecule has 3 saturated heterocycles. The Morgan fingerprint density at radius 2 is 1.97 bits per heavy atom. The van der Waals surface area contributed by atoms with Gasteiger partial charge in [0.15, 0.2) is 0 Å². The van der Waals surface area contributed by atoms with Gasteiger partial charge in [0, 0.05) is 54.7 Å². The average molecular weight is 437 g/mol. The quantitative estimate of drug-likeness (QED) is 0.520. The molecule has 0 radical (unpaired) electrons. The summed E-state index contributed by atoms with van der Waals surface area (Å²) in [4.78, 5) is 12.2. The molecule has 3 aliphatic heterocycles. The second-order valence-corrected chi connectivity index (χ2v) is 9.24. The third kappa shape index (κ3) is 4.31. The van der Waals surface area contributed by atoms with E-state index < -0.39 is 0 Å². The zero-order valence-electron chi connectivity index (χ0n) is 18.8. The van der Waals surface area contributed by atoms with Crippen molar-refractivity contribution in [2.75, 3.05) is 24.3 Å². The van der Waals surface area contributed by atoms with Crippen molar-refractivity contribution in [3.63, 3.8) is 0 Å². The van der Waals surface area contributed by atoms with Crippen molar-refractivity contribution >= 4 is 22.5 Å². The van der Waals surface area contributed by atoms with E-state index in [0.29, 0.717) is 36.5 Å². The Kier molecular flexibility index (Phi) is 6.00. The van der Waals surface area contributed by atoms with Crippen LogP contribution in [0.5, 0.6) is 5.88 Å². The zero-order chi connectivity index (χ0) is 22.1. The van der Waals surface area contributed by atoms with Crippen LogP contribution in [0.3, 0.4) is 0 Å². The van der Waals surface area contributed by atoms with E-state index in [9.17, 15) is 0 Å². The summed E-state index contributed by atoms with van der Waals surface area (Å²) < 4.78 is 5.36. The van der Waals surface area contributed by atoms with Crippen LogP contribution in [0.15, 0.2) is 18.2 Å². The number of pyridine rings is 2. The van der Waals surface area contributed by atoms with Crippen LogP contribution < -0.4 is 26.2 Å². The second-order valence-electron chi connectivity index (χ2n) is 9.24. The first kappa shape index (κ1) is 21.2. The van der Waals surface area contributed by atoms with Gasteiger partial charge in [-0.05, 0) is 45.1 Å². The summed E-state index contributed by atoms with van der Waals surface area (Å²) in [5, 5.41) is 17.2. The highest BCUT2D eigenvalue weighted by atomic mass is 16.5. The maximum Gasteiger partial charge on any atom is 0.213 e. The van der Waals surface area contributed by atoms with Gasteiger partial charge >= 0.3 is 0 Å². The van der Waals surface area contributed by atoms with Crippen molar-refractivity contribution in [3.8, 4) is 11.9 Å². The van der Waals surface area contributed by atoms with Gasteiger partial charge in [0.25, 0.3) is 0 Å². The molecule has 5 atom stereocenters. The van der Waals surface area contributed by atoms with E-state index >= 15 is 0 Å². The van der Waals surface area contributed by atoms with Crippen LogP contribution in [0.2, 0.25) is 0 Å². The molecule has 4 N–H and O–H groups in total. The molecule has 0 spiro atoms. The molecule has 3 unspecified atom stereocenters. The third-order valence-corrected chi connectivity index (χ3v) is 6.99. The topological polar surface area (TPSA) is 110 Å². The summed E-state index contributed by atoms with van der Waals surface area (Å²) in [6.45, 7) is 3.04. The first-order valence-electron chi connectivity index (χ1n) is 11.7. The monoisotopic (exact) mass is 436 g/mol. The largest absolute Gasteiger partial charge is 0.481 e. The molecule has 2 aromatic rings. The maximum absolute atomic E-state index is 8.99. The van der Waals surface area contributed by atoms with Crippen molar-refractivity contribution in [1.29, 1.82) is 5.26 Å². The fourth-order valence-corrected chi connectivity index (χ4v) is 5.52. The fourth-order valence-electron chi connectivity index (χ4n) is 5.52. The predicted molar refractivity (Wildman–Crippen MR) is 124 cm³/mol. The Morgan fingerprint density at radius 3 is 2.66 bits per heavy atom. The minimum atomic E-state index is 0.118. The molecule has 9 heteroatoms. The Morgan fingerprint density at radius 1 is 1.16 bits per heavy atom. The van der Waals surface area contributed by atoms with Crippen molar-refractivity contribution in [1.82, 2.24) is 25.7 Å². The molecule has 5 rings (SSSR count). The molecule has 9 nitrogen and oxygen atoms in total. The van der Waals surface area contributed by atoms with E-state index in [2.05, 4.69) is 44.4 Å². The Balaban J connectivity index is 1.38. The number of nitriles is 1. The number of anilines is 2. The van der Waals surface area contributed by atoms with Gasteiger partial charge in [0.05, 0.1) is 24.9 Å². The van der Waals surface area contributed by atoms with E-state index in [1.807, 2.05) is 18.2 Å². The number of ether oxygens (including phenoxy) is 1. The van der Waals surface area contributed by atoms with E-state index in [-0.39, 0.29) is 6.17 Å². The van der Waals surface area contributed by atoms with Gasteiger partial charge < -0.3 is 15.4 Å². The number of nitrogens with zero attached hydrogens (tertiary/aromatic N) is 4. The number of rotatable bonds is 7. The van der Waals surface area contributed by atoms with Crippen LogP contribution in [-0.4, -0.2) is 58.9 Å². The Hall–Kier alpha value is -2.67. The van der Waals surface area contributed by atoms with E-state index in [1.54, 1.807) is 7.11 Å². The fraction of sp³-hybridized carbons (Fsp3) is 0.609. The summed E-state index contributed by atoms with van der Waals surface area (Å²) in [7, 11) is 1.64. The van der Waals surface area contributed by atoms with Crippen LogP contribution in [0.1, 0.15) is 45.4 Å². The number of aromatic nitrogens is 2. The standard InChI is InChI=1S/C23H32N8O/c1-14-10-21(30-29-14)27-20-13-19-18(6-7-22(26-19)32-2)23(28-20)25-15-11-16-4-5-17(12-15)31(16)9-3-8-24/h6-7,13-17,21,29-30H,3-5,9-12H2,1-2H3,(H2,25,27,28)/t14?,15?,16-,17+,21?. The molecule has 2 bridgehead atoms. The third-order valence-electron chi connectivity index (χ3n) is 6.99. The van der Waals surface area contributed by atoms with E-state index in [1.165, 1.54) is 12.8 Å². The minimum absolute atomic E-state index is 0.118. The lowest BCUT2D eigenvalue weighted by Gasteiger charge is -2.39. The number of fused-ring (bicyclic) bond motifs is 3. The molecule has 2 aromatic heterocycles. The van der Waals surface area contributed by atoms with Crippen molar-refractivity contribution in [2.45, 2.75) is 75.8 Å². The number of piperidine rings is 1. The van der Waals surface area contributed by atoms with Crippen molar-refractivity contribution in [2.24, 2.45) is 0 Å². The zero-order valence-corrected chi connectivity index (χ0v) is 18.8. The summed E-state index contributed by atoms with van der Waals surface area (Å²) in [5.41, 5.74) is 7.38. The van der Waals surface area contributed by atoms with Crippen LogP contribution >= 0.6 is 0 Å². The molecule has 5 heterocycles. The molecule has 170 valence electrons. The van der Waals surface area contributed by atoms with Crippen molar-refractivity contribution < 1.29 is 4.74 Å². The van der Waals surface area contributed by atoms with Crippen LogP contribution in [-0.2, 0) is 0 Å². The SMILES string of the molecule is COc1ccc2c(NC3C[C@H]4CC[C@@H](C3)N4CCC#N)nc(NC3CC(C)NN3)cc2n1. The molecular weight excluding hydrogens is 404 g/mol. The van der Waals surface area contributed by atoms with Gasteiger partial charge in [0.1, 0.15) is 11.6 Å². The summed E-state index contributed by atoms with van der Waals surface area (Å²) in [6, 6.07) is 10.1. The summed E-state index contributed by atoms with van der Waals surface area (Å²) in [5.74, 6) is 2.26. The second kappa shape index (κ2) is 9.06. The summed E-state index contributed by atoms with van der Waals surface area (Å²) in [6.07, 6.45) is 6.31. The van der Waals surface area contributed by atoms with Gasteiger partial charge in [-0.15, -0.1) is 0 Å². The average Bonchev–Trinajstić information content (AvgIpc) is 3.30. The highest BCUT2D eigenvalue weighted by Crippen LogP contribution is 2.37. The van der Waals surface area contributed by atoms with Gasteiger partial charge in [-0.25, -0.2) is 15.4 Å². The van der Waals surface area contributed by atoms with Crippen LogP contribution in [0, 0.1) is 11.3 Å². The molecule has 0 aliphatic carbocycles. The van der Waals surface area contributed by atoms with E-state index in [0.717, 1.165) is 48.3 Å². The highest BCUT2D eigenvalue weighted by Gasteiger charge is 2.40. The number of hydrogen-bond acceptors (Lipinski definition) is 9. The maximum atomic E-state index is 8.99. The number of nitrogens with one attached hydrogen (secondary N) is 4.